The van der Waals surface area contributed by atoms with Crippen LogP contribution in [0.3, 0.4) is 0 Å². The summed E-state index contributed by atoms with van der Waals surface area (Å²) >= 11 is 0. The molecule has 0 bridgehead atoms. The second-order valence-corrected chi connectivity index (χ2v) is 7.11. The van der Waals surface area contributed by atoms with Gasteiger partial charge in [-0.25, -0.2) is 4.79 Å². The van der Waals surface area contributed by atoms with Gasteiger partial charge in [-0.15, -0.1) is 0 Å². The zero-order valence-corrected chi connectivity index (χ0v) is 18.0. The van der Waals surface area contributed by atoms with Gasteiger partial charge in [-0.2, -0.15) is 0 Å². The summed E-state index contributed by atoms with van der Waals surface area (Å²) in [4.78, 5) is 26.3. The molecule has 0 aromatic heterocycles. The van der Waals surface area contributed by atoms with Gasteiger partial charge in [0.15, 0.2) is 11.5 Å². The summed E-state index contributed by atoms with van der Waals surface area (Å²) in [6, 6.07) is 12.9. The molecule has 1 aliphatic rings. The van der Waals surface area contributed by atoms with Crippen molar-refractivity contribution >= 4 is 12.1 Å². The lowest BCUT2D eigenvalue weighted by atomic mass is 10.1. The lowest BCUT2D eigenvalue weighted by Gasteiger charge is -2.17. The van der Waals surface area contributed by atoms with Crippen molar-refractivity contribution < 1.29 is 33.3 Å². The van der Waals surface area contributed by atoms with Crippen LogP contribution in [-0.2, 0) is 27.5 Å². The van der Waals surface area contributed by atoms with E-state index >= 15 is 0 Å². The third-order valence-corrected chi connectivity index (χ3v) is 5.09. The number of hydrogen-bond donors (Lipinski definition) is 0. The van der Waals surface area contributed by atoms with Crippen molar-refractivity contribution in [1.29, 1.82) is 0 Å². The van der Waals surface area contributed by atoms with Crippen LogP contribution in [0, 0.1) is 5.92 Å². The highest BCUT2D eigenvalue weighted by molar-refractivity contribution is 5.75. The first-order chi connectivity index (χ1) is 15.0. The van der Waals surface area contributed by atoms with Crippen LogP contribution < -0.4 is 14.2 Å². The van der Waals surface area contributed by atoms with Crippen LogP contribution in [0.25, 0.3) is 0 Å². The van der Waals surface area contributed by atoms with Gasteiger partial charge >= 0.3 is 12.1 Å². The van der Waals surface area contributed by atoms with E-state index in [9.17, 15) is 9.59 Å². The predicted octanol–water partition coefficient (Wildman–Crippen LogP) is 3.41. The molecule has 0 aliphatic carbocycles. The molecular formula is C23H27NO7. The van der Waals surface area contributed by atoms with Crippen LogP contribution in [0.1, 0.15) is 17.5 Å². The molecule has 1 atom stereocenters. The molecule has 0 radical (unpaired) electrons. The summed E-state index contributed by atoms with van der Waals surface area (Å²) in [6.07, 6.45) is 0.109. The van der Waals surface area contributed by atoms with Gasteiger partial charge in [0.2, 0.25) is 5.75 Å². The van der Waals surface area contributed by atoms with Crippen LogP contribution >= 0.6 is 0 Å². The van der Waals surface area contributed by atoms with E-state index in [4.69, 9.17) is 23.7 Å². The highest BCUT2D eigenvalue weighted by Gasteiger charge is 2.33. The van der Waals surface area contributed by atoms with Crippen LogP contribution in [0.2, 0.25) is 0 Å². The van der Waals surface area contributed by atoms with Crippen molar-refractivity contribution in [3.05, 3.63) is 53.6 Å². The van der Waals surface area contributed by atoms with Gasteiger partial charge in [-0.1, -0.05) is 30.3 Å². The van der Waals surface area contributed by atoms with Gasteiger partial charge in [-0.3, -0.25) is 4.79 Å². The number of likely N-dealkylation sites (tertiary alicyclic amines) is 1. The zero-order chi connectivity index (χ0) is 22.2. The summed E-state index contributed by atoms with van der Waals surface area (Å²) in [5.74, 6) is 0.709. The fourth-order valence-electron chi connectivity index (χ4n) is 3.42. The predicted molar refractivity (Wildman–Crippen MR) is 112 cm³/mol. The Hall–Kier alpha value is -3.42. The molecule has 31 heavy (non-hydrogen) atoms. The first-order valence-electron chi connectivity index (χ1n) is 9.96. The molecule has 1 saturated heterocycles. The Kier molecular flexibility index (Phi) is 7.59. The molecular weight excluding hydrogens is 402 g/mol. The molecule has 2 aromatic rings. The topological polar surface area (TPSA) is 83.5 Å². The quantitative estimate of drug-likeness (QED) is 0.595. The van der Waals surface area contributed by atoms with Crippen molar-refractivity contribution in [2.45, 2.75) is 19.6 Å². The SMILES string of the molecule is COc1cc(COC(=O)[C@@H]2CCN(C(=O)OCc3ccccc3)C2)cc(OC)c1OC. The summed E-state index contributed by atoms with van der Waals surface area (Å²) in [5.41, 5.74) is 1.62. The highest BCUT2D eigenvalue weighted by atomic mass is 16.6. The first kappa shape index (κ1) is 22.3. The number of carbonyl (C=O) groups excluding carboxylic acids is 2. The monoisotopic (exact) mass is 429 g/mol. The van der Waals surface area contributed by atoms with Crippen LogP contribution in [0.4, 0.5) is 4.79 Å². The van der Waals surface area contributed by atoms with E-state index in [-0.39, 0.29) is 31.6 Å². The summed E-state index contributed by atoms with van der Waals surface area (Å²) in [5, 5.41) is 0. The van der Waals surface area contributed by atoms with Crippen LogP contribution in [-0.4, -0.2) is 51.4 Å². The summed E-state index contributed by atoms with van der Waals surface area (Å²) in [6.45, 7) is 0.996. The molecule has 2 aromatic carbocycles. The number of amides is 1. The van der Waals surface area contributed by atoms with Crippen molar-refractivity contribution in [2.24, 2.45) is 5.92 Å². The third-order valence-electron chi connectivity index (χ3n) is 5.09. The zero-order valence-electron chi connectivity index (χ0n) is 18.0. The molecule has 0 spiro atoms. The largest absolute Gasteiger partial charge is 0.493 e. The van der Waals surface area contributed by atoms with Gasteiger partial charge < -0.3 is 28.6 Å². The Labute approximate surface area is 181 Å². The molecule has 8 nitrogen and oxygen atoms in total. The minimum absolute atomic E-state index is 0.0600. The van der Waals surface area contributed by atoms with E-state index in [2.05, 4.69) is 0 Å². The molecule has 1 heterocycles. The lowest BCUT2D eigenvalue weighted by Crippen LogP contribution is -2.30. The molecule has 0 unspecified atom stereocenters. The highest BCUT2D eigenvalue weighted by Crippen LogP contribution is 2.38. The number of nitrogens with zero attached hydrogens (tertiary/aromatic N) is 1. The fourth-order valence-corrected chi connectivity index (χ4v) is 3.42. The maximum Gasteiger partial charge on any atom is 0.410 e. The number of rotatable bonds is 8. The van der Waals surface area contributed by atoms with E-state index in [1.54, 1.807) is 12.1 Å². The molecule has 0 N–H and O–H groups in total. The fraction of sp³-hybridized carbons (Fsp3) is 0.391. The molecule has 166 valence electrons. The summed E-state index contributed by atoms with van der Waals surface area (Å²) < 4.78 is 26.7. The number of esters is 1. The van der Waals surface area contributed by atoms with Crippen molar-refractivity contribution in [3.63, 3.8) is 0 Å². The minimum Gasteiger partial charge on any atom is -0.493 e. The Morgan fingerprint density at radius 2 is 1.55 bits per heavy atom. The van der Waals surface area contributed by atoms with Crippen LogP contribution in [0.5, 0.6) is 17.2 Å². The van der Waals surface area contributed by atoms with E-state index in [1.165, 1.54) is 26.2 Å². The average Bonchev–Trinajstić information content (AvgIpc) is 3.31. The third kappa shape index (κ3) is 5.59. The second kappa shape index (κ2) is 10.6. The van der Waals surface area contributed by atoms with E-state index in [0.717, 1.165) is 5.56 Å². The number of benzene rings is 2. The Morgan fingerprint density at radius 1 is 0.903 bits per heavy atom. The lowest BCUT2D eigenvalue weighted by molar-refractivity contribution is -0.149. The smallest absolute Gasteiger partial charge is 0.410 e. The van der Waals surface area contributed by atoms with Crippen LogP contribution in [0.15, 0.2) is 42.5 Å². The van der Waals surface area contributed by atoms with Gasteiger partial charge in [-0.05, 0) is 29.7 Å². The Balaban J connectivity index is 1.51. The second-order valence-electron chi connectivity index (χ2n) is 7.11. The maximum atomic E-state index is 12.5. The molecule has 1 fully saturated rings. The molecule has 1 aliphatic heterocycles. The van der Waals surface area contributed by atoms with Crippen molar-refractivity contribution in [3.8, 4) is 17.2 Å². The molecule has 3 rings (SSSR count). The maximum absolute atomic E-state index is 12.5. The van der Waals surface area contributed by atoms with Gasteiger partial charge in [0.05, 0.1) is 27.2 Å². The number of methoxy groups -OCH3 is 3. The Bertz CT molecular complexity index is 875. The summed E-state index contributed by atoms with van der Waals surface area (Å²) in [7, 11) is 4.57. The normalized spacial score (nSPS) is 15.3. The average molecular weight is 429 g/mol. The van der Waals surface area contributed by atoms with Crippen molar-refractivity contribution in [2.75, 3.05) is 34.4 Å². The minimum atomic E-state index is -0.427. The van der Waals surface area contributed by atoms with Gasteiger partial charge in [0.25, 0.3) is 0 Å². The van der Waals surface area contributed by atoms with Gasteiger partial charge in [0.1, 0.15) is 13.2 Å². The standard InChI is InChI=1S/C23H27NO7/c1-27-19-11-17(12-20(28-2)21(19)29-3)15-30-22(25)18-9-10-24(13-18)23(26)31-14-16-7-5-4-6-8-16/h4-8,11-12,18H,9-10,13-15H2,1-3H3/t18-/m1/s1. The van der Waals surface area contributed by atoms with Crippen molar-refractivity contribution in [1.82, 2.24) is 4.90 Å². The number of ether oxygens (including phenoxy) is 5. The van der Waals surface area contributed by atoms with E-state index in [0.29, 0.717) is 35.8 Å². The van der Waals surface area contributed by atoms with E-state index in [1.807, 2.05) is 30.3 Å². The molecule has 1 amide bonds. The number of carbonyl (C=O) groups is 2. The Morgan fingerprint density at radius 3 is 2.16 bits per heavy atom. The number of hydrogen-bond acceptors (Lipinski definition) is 7. The van der Waals surface area contributed by atoms with Gasteiger partial charge in [0, 0.05) is 13.1 Å². The molecule has 8 heteroatoms. The molecule has 0 saturated carbocycles. The first-order valence-corrected chi connectivity index (χ1v) is 9.96. The van der Waals surface area contributed by atoms with E-state index < -0.39 is 6.09 Å².